The Morgan fingerprint density at radius 3 is 2.39 bits per heavy atom. The summed E-state index contributed by atoms with van der Waals surface area (Å²) in [5.74, 6) is -1.00. The van der Waals surface area contributed by atoms with Crippen molar-refractivity contribution >= 4 is 60.9 Å². The third-order valence-electron chi connectivity index (χ3n) is 4.69. The fourth-order valence-corrected chi connectivity index (χ4v) is 6.21. The number of benzene rings is 2. The second-order valence-corrected chi connectivity index (χ2v) is 11.3. The summed E-state index contributed by atoms with van der Waals surface area (Å²) in [6, 6.07) is 16.6. The Kier molecular flexibility index (Phi) is 6.03. The molecule has 0 radical (unpaired) electrons. The minimum absolute atomic E-state index is 0.0241. The fourth-order valence-electron chi connectivity index (χ4n) is 3.22. The summed E-state index contributed by atoms with van der Waals surface area (Å²) in [5.41, 5.74) is 1.12. The van der Waals surface area contributed by atoms with E-state index in [2.05, 4.69) is 0 Å². The van der Waals surface area contributed by atoms with Crippen LogP contribution < -0.4 is 5.56 Å². The van der Waals surface area contributed by atoms with Gasteiger partial charge in [0.2, 0.25) is 0 Å². The number of aromatic nitrogens is 1. The van der Waals surface area contributed by atoms with Gasteiger partial charge in [0.25, 0.3) is 5.56 Å². The van der Waals surface area contributed by atoms with E-state index in [1.54, 1.807) is 48.7 Å². The van der Waals surface area contributed by atoms with Crippen molar-refractivity contribution in [2.24, 2.45) is 0 Å². The smallest absolute Gasteiger partial charge is 0.262 e. The average Bonchev–Trinajstić information content (AvgIpc) is 3.16. The number of thiophene rings is 1. The first-order valence-corrected chi connectivity index (χ1v) is 12.4. The number of rotatable bonds is 6. The van der Waals surface area contributed by atoms with Crippen LogP contribution in [0.1, 0.15) is 5.56 Å². The molecule has 0 aliphatic rings. The molecule has 2 aromatic heterocycles. The van der Waals surface area contributed by atoms with Crippen LogP contribution in [0, 0.1) is 0 Å². The molecule has 4 rings (SSSR count). The van der Waals surface area contributed by atoms with E-state index in [-0.39, 0.29) is 16.2 Å². The number of carbonyl (C=O) groups excluding carboxylic acids is 1. The molecular formula is C22H15Cl2NO4S2. The molecule has 9 heteroatoms. The number of Topliss-reactive ketones (excluding diaryl/α,β-unsaturated/α-hetero) is 1. The van der Waals surface area contributed by atoms with Crippen molar-refractivity contribution in [1.82, 2.24) is 4.57 Å². The van der Waals surface area contributed by atoms with Gasteiger partial charge in [0.05, 0.1) is 4.34 Å². The number of carbonyl (C=O) groups is 1. The van der Waals surface area contributed by atoms with Gasteiger partial charge in [0, 0.05) is 28.7 Å². The maximum atomic E-state index is 12.8. The molecule has 0 unspecified atom stereocenters. The summed E-state index contributed by atoms with van der Waals surface area (Å²) < 4.78 is 26.6. The van der Waals surface area contributed by atoms with Gasteiger partial charge in [0.15, 0.2) is 15.6 Å². The summed E-state index contributed by atoms with van der Waals surface area (Å²) in [4.78, 5) is 25.1. The first-order valence-electron chi connectivity index (χ1n) is 9.13. The Balaban J connectivity index is 1.52. The second-order valence-electron chi connectivity index (χ2n) is 6.92. The minimum atomic E-state index is -3.71. The number of sulfone groups is 1. The van der Waals surface area contributed by atoms with E-state index in [0.717, 1.165) is 16.7 Å². The van der Waals surface area contributed by atoms with Crippen molar-refractivity contribution in [3.63, 3.8) is 0 Å². The molecule has 2 aromatic carbocycles. The second kappa shape index (κ2) is 8.59. The molecular weight excluding hydrogens is 477 g/mol. The standard InChI is InChI=1S/C22H15Cl2NO4S2/c23-16-3-6-19-15(12-16)9-10-25(22(19)27)17-4-1-14(2-5-17)11-18(26)13-31(28,29)21-8-7-20(24)30-21/h1-10,12H,11,13H2. The fraction of sp³-hybridized carbons (Fsp3) is 0.0909. The highest BCUT2D eigenvalue weighted by Crippen LogP contribution is 2.26. The monoisotopic (exact) mass is 491 g/mol. The van der Waals surface area contributed by atoms with Gasteiger partial charge in [-0.25, -0.2) is 8.42 Å². The lowest BCUT2D eigenvalue weighted by Crippen LogP contribution is -2.18. The maximum Gasteiger partial charge on any atom is 0.262 e. The average molecular weight is 492 g/mol. The minimum Gasteiger partial charge on any atom is -0.298 e. The SMILES string of the molecule is O=C(Cc1ccc(-n2ccc3cc(Cl)ccc3c2=O)cc1)CS(=O)(=O)c1ccc(Cl)s1. The van der Waals surface area contributed by atoms with Crippen molar-refractivity contribution in [3.8, 4) is 5.69 Å². The number of halogens is 2. The molecule has 0 atom stereocenters. The van der Waals surface area contributed by atoms with Gasteiger partial charge in [-0.15, -0.1) is 11.3 Å². The van der Waals surface area contributed by atoms with Crippen molar-refractivity contribution in [1.29, 1.82) is 0 Å². The summed E-state index contributed by atoms with van der Waals surface area (Å²) in [6.45, 7) is 0. The number of pyridine rings is 1. The molecule has 5 nitrogen and oxygen atoms in total. The number of fused-ring (bicyclic) bond motifs is 1. The highest BCUT2D eigenvalue weighted by molar-refractivity contribution is 7.94. The van der Waals surface area contributed by atoms with E-state index in [4.69, 9.17) is 23.2 Å². The highest BCUT2D eigenvalue weighted by Gasteiger charge is 2.21. The summed E-state index contributed by atoms with van der Waals surface area (Å²) in [7, 11) is -3.71. The van der Waals surface area contributed by atoms with Gasteiger partial charge in [-0.1, -0.05) is 35.3 Å². The zero-order valence-corrected chi connectivity index (χ0v) is 19.1. The topological polar surface area (TPSA) is 73.2 Å². The van der Waals surface area contributed by atoms with Gasteiger partial charge >= 0.3 is 0 Å². The van der Waals surface area contributed by atoms with E-state index < -0.39 is 21.4 Å². The van der Waals surface area contributed by atoms with Gasteiger partial charge in [-0.2, -0.15) is 0 Å². The highest BCUT2D eigenvalue weighted by atomic mass is 35.5. The summed E-state index contributed by atoms with van der Waals surface area (Å²) in [6.07, 6.45) is 1.64. The molecule has 158 valence electrons. The van der Waals surface area contributed by atoms with Gasteiger partial charge in [-0.05, 0) is 59.5 Å². The van der Waals surface area contributed by atoms with E-state index in [1.807, 2.05) is 6.07 Å². The molecule has 0 spiro atoms. The van der Waals surface area contributed by atoms with E-state index >= 15 is 0 Å². The van der Waals surface area contributed by atoms with Crippen molar-refractivity contribution in [3.05, 3.63) is 92.1 Å². The van der Waals surface area contributed by atoms with Crippen LogP contribution in [0.4, 0.5) is 0 Å². The number of hydrogen-bond acceptors (Lipinski definition) is 5. The quantitative estimate of drug-likeness (QED) is 0.382. The van der Waals surface area contributed by atoms with Crippen LogP contribution in [-0.4, -0.2) is 24.5 Å². The Labute approximate surface area is 192 Å². The van der Waals surface area contributed by atoms with Crippen LogP contribution >= 0.6 is 34.5 Å². The zero-order chi connectivity index (χ0) is 22.2. The molecule has 0 bridgehead atoms. The third-order valence-corrected chi connectivity index (χ3v) is 8.41. The summed E-state index contributed by atoms with van der Waals surface area (Å²) >= 11 is 12.7. The molecule has 0 fully saturated rings. The lowest BCUT2D eigenvalue weighted by Gasteiger charge is -2.09. The van der Waals surface area contributed by atoms with Crippen LogP contribution in [-0.2, 0) is 21.1 Å². The van der Waals surface area contributed by atoms with Crippen LogP contribution in [0.15, 0.2) is 75.9 Å². The van der Waals surface area contributed by atoms with E-state index in [1.165, 1.54) is 16.7 Å². The number of ketones is 1. The van der Waals surface area contributed by atoms with Crippen LogP contribution in [0.3, 0.4) is 0 Å². The molecule has 31 heavy (non-hydrogen) atoms. The molecule has 4 aromatic rings. The number of hydrogen-bond donors (Lipinski definition) is 0. The number of nitrogens with zero attached hydrogens (tertiary/aromatic N) is 1. The predicted molar refractivity (Wildman–Crippen MR) is 125 cm³/mol. The van der Waals surface area contributed by atoms with Crippen molar-refractivity contribution in [2.45, 2.75) is 10.6 Å². The summed E-state index contributed by atoms with van der Waals surface area (Å²) in [5, 5.41) is 1.86. The molecule has 0 saturated carbocycles. The molecule has 0 aliphatic carbocycles. The molecule has 0 aliphatic heterocycles. The normalized spacial score (nSPS) is 11.7. The van der Waals surface area contributed by atoms with Crippen LogP contribution in [0.5, 0.6) is 0 Å². The molecule has 0 amide bonds. The molecule has 0 N–H and O–H groups in total. The molecule has 2 heterocycles. The Morgan fingerprint density at radius 1 is 0.968 bits per heavy atom. The largest absolute Gasteiger partial charge is 0.298 e. The molecule has 0 saturated heterocycles. The first kappa shape index (κ1) is 21.8. The predicted octanol–water partition coefficient (Wildman–Crippen LogP) is 4.94. The van der Waals surface area contributed by atoms with Crippen LogP contribution in [0.25, 0.3) is 16.5 Å². The Bertz CT molecular complexity index is 1460. The van der Waals surface area contributed by atoms with Crippen LogP contribution in [0.2, 0.25) is 9.36 Å². The van der Waals surface area contributed by atoms with Crippen molar-refractivity contribution < 1.29 is 13.2 Å². The van der Waals surface area contributed by atoms with Gasteiger partial charge in [-0.3, -0.25) is 14.2 Å². The third kappa shape index (κ3) is 4.75. The lowest BCUT2D eigenvalue weighted by molar-refractivity contribution is -0.116. The van der Waals surface area contributed by atoms with Crippen molar-refractivity contribution in [2.75, 3.05) is 5.75 Å². The van der Waals surface area contributed by atoms with Gasteiger partial charge in [0.1, 0.15) is 9.96 Å². The lowest BCUT2D eigenvalue weighted by atomic mass is 10.1. The first-order chi connectivity index (χ1) is 14.7. The Morgan fingerprint density at radius 2 is 1.71 bits per heavy atom. The Hall–Kier alpha value is -2.45. The van der Waals surface area contributed by atoms with Gasteiger partial charge < -0.3 is 0 Å². The van der Waals surface area contributed by atoms with E-state index in [0.29, 0.717) is 26.0 Å². The van der Waals surface area contributed by atoms with E-state index in [9.17, 15) is 18.0 Å². The zero-order valence-electron chi connectivity index (χ0n) is 15.9. The maximum absolute atomic E-state index is 12.8.